The molecule has 2 N–H and O–H groups in total. The van der Waals surface area contributed by atoms with Crippen LogP contribution in [0.15, 0.2) is 42.5 Å². The number of aryl methyl sites for hydroxylation is 1. The zero-order chi connectivity index (χ0) is 14.2. The summed E-state index contributed by atoms with van der Waals surface area (Å²) in [4.78, 5) is 0. The molecule has 1 unspecified atom stereocenters. The molecule has 1 aliphatic rings. The van der Waals surface area contributed by atoms with Gasteiger partial charge in [-0.05, 0) is 48.1 Å². The number of benzene rings is 2. The molecule has 0 spiro atoms. The van der Waals surface area contributed by atoms with Crippen LogP contribution in [0.25, 0.3) is 0 Å². The van der Waals surface area contributed by atoms with Crippen LogP contribution in [-0.2, 0) is 18.4 Å². The average Bonchev–Trinajstić information content (AvgIpc) is 2.47. The number of rotatable bonds is 2. The lowest BCUT2D eigenvalue weighted by Gasteiger charge is -2.35. The predicted octanol–water partition coefficient (Wildman–Crippen LogP) is 3.18. The van der Waals surface area contributed by atoms with Crippen LogP contribution in [0.2, 0.25) is 0 Å². The third-order valence-corrected chi connectivity index (χ3v) is 4.19. The van der Waals surface area contributed by atoms with Crippen molar-refractivity contribution in [2.24, 2.45) is 5.73 Å². The van der Waals surface area contributed by atoms with Gasteiger partial charge in [0.2, 0.25) is 0 Å². The first-order valence-electron chi connectivity index (χ1n) is 6.82. The molecule has 0 radical (unpaired) electrons. The summed E-state index contributed by atoms with van der Waals surface area (Å²) in [5, 5.41) is 0. The van der Waals surface area contributed by atoms with Crippen LogP contribution in [0.3, 0.4) is 0 Å². The van der Waals surface area contributed by atoms with Gasteiger partial charge in [0.05, 0.1) is 7.11 Å². The molecule has 1 aliphatic carbocycles. The summed E-state index contributed by atoms with van der Waals surface area (Å²) in [5.74, 6) is -0.0951. The number of hydrogen-bond donors (Lipinski definition) is 1. The van der Waals surface area contributed by atoms with E-state index in [0.717, 1.165) is 24.8 Å². The number of ether oxygens (including phenoxy) is 1. The van der Waals surface area contributed by atoms with Gasteiger partial charge >= 0.3 is 0 Å². The Morgan fingerprint density at radius 1 is 1.15 bits per heavy atom. The zero-order valence-electron chi connectivity index (χ0n) is 11.5. The highest BCUT2D eigenvalue weighted by atomic mass is 19.1. The van der Waals surface area contributed by atoms with Gasteiger partial charge in [-0.3, -0.25) is 0 Å². The van der Waals surface area contributed by atoms with Crippen molar-refractivity contribution in [1.82, 2.24) is 0 Å². The molecule has 0 fully saturated rings. The Hall–Kier alpha value is -1.87. The number of fused-ring (bicyclic) bond motifs is 1. The van der Waals surface area contributed by atoms with Gasteiger partial charge in [0.1, 0.15) is 0 Å². The van der Waals surface area contributed by atoms with Crippen molar-refractivity contribution in [3.8, 4) is 5.75 Å². The second-order valence-electron chi connectivity index (χ2n) is 5.45. The van der Waals surface area contributed by atoms with Gasteiger partial charge in [0.15, 0.2) is 11.6 Å². The van der Waals surface area contributed by atoms with Crippen molar-refractivity contribution in [2.75, 3.05) is 7.11 Å². The molecule has 0 heterocycles. The Morgan fingerprint density at radius 3 is 2.60 bits per heavy atom. The van der Waals surface area contributed by atoms with Gasteiger partial charge in [-0.1, -0.05) is 30.3 Å². The van der Waals surface area contributed by atoms with Crippen molar-refractivity contribution in [3.63, 3.8) is 0 Å². The van der Waals surface area contributed by atoms with Crippen LogP contribution in [0.1, 0.15) is 23.1 Å². The first-order valence-corrected chi connectivity index (χ1v) is 6.82. The van der Waals surface area contributed by atoms with Crippen LogP contribution >= 0.6 is 0 Å². The van der Waals surface area contributed by atoms with Gasteiger partial charge in [0, 0.05) is 5.54 Å². The third kappa shape index (κ3) is 2.18. The molecule has 2 nitrogen and oxygen atoms in total. The summed E-state index contributed by atoms with van der Waals surface area (Å²) in [6, 6.07) is 13.4. The Bertz CT molecular complexity index is 641. The van der Waals surface area contributed by atoms with E-state index in [9.17, 15) is 4.39 Å². The Kier molecular flexibility index (Phi) is 3.22. The average molecular weight is 271 g/mol. The largest absolute Gasteiger partial charge is 0.494 e. The summed E-state index contributed by atoms with van der Waals surface area (Å²) >= 11 is 0. The van der Waals surface area contributed by atoms with E-state index in [1.165, 1.54) is 24.3 Å². The molecule has 3 heteroatoms. The van der Waals surface area contributed by atoms with Crippen molar-refractivity contribution in [1.29, 1.82) is 0 Å². The summed E-state index contributed by atoms with van der Waals surface area (Å²) in [6.45, 7) is 0. The van der Waals surface area contributed by atoms with Gasteiger partial charge in [-0.25, -0.2) is 4.39 Å². The maximum absolute atomic E-state index is 13.9. The fraction of sp³-hybridized carbons (Fsp3) is 0.294. The number of nitrogens with two attached hydrogens (primary N) is 1. The summed E-state index contributed by atoms with van der Waals surface area (Å²) in [7, 11) is 1.47. The monoisotopic (exact) mass is 271 g/mol. The maximum atomic E-state index is 13.9. The first kappa shape index (κ1) is 13.1. The van der Waals surface area contributed by atoms with Crippen LogP contribution in [0.5, 0.6) is 5.75 Å². The van der Waals surface area contributed by atoms with Gasteiger partial charge in [-0.2, -0.15) is 0 Å². The molecule has 0 aliphatic heterocycles. The SMILES string of the molecule is COc1ccc(C2(N)CCc3ccccc3C2)cc1F. The normalized spacial score (nSPS) is 21.4. The molecule has 104 valence electrons. The molecule has 20 heavy (non-hydrogen) atoms. The maximum Gasteiger partial charge on any atom is 0.165 e. The van der Waals surface area contributed by atoms with Crippen LogP contribution < -0.4 is 10.5 Å². The topological polar surface area (TPSA) is 35.2 Å². The number of hydrogen-bond acceptors (Lipinski definition) is 2. The Balaban J connectivity index is 1.96. The molecule has 0 amide bonds. The molecular formula is C17H18FNO. The summed E-state index contributed by atoms with van der Waals surface area (Å²) in [5.41, 5.74) is 9.50. The lowest BCUT2D eigenvalue weighted by Crippen LogP contribution is -2.42. The first-order chi connectivity index (χ1) is 9.62. The van der Waals surface area contributed by atoms with Crippen molar-refractivity contribution >= 4 is 0 Å². The fourth-order valence-electron chi connectivity index (χ4n) is 2.98. The van der Waals surface area contributed by atoms with Crippen LogP contribution in [-0.4, -0.2) is 7.11 Å². The van der Waals surface area contributed by atoms with E-state index in [4.69, 9.17) is 10.5 Å². The van der Waals surface area contributed by atoms with E-state index < -0.39 is 5.54 Å². The highest BCUT2D eigenvalue weighted by molar-refractivity contribution is 5.39. The molecule has 0 bridgehead atoms. The van der Waals surface area contributed by atoms with Crippen molar-refractivity contribution in [3.05, 3.63) is 65.0 Å². The van der Waals surface area contributed by atoms with E-state index in [0.29, 0.717) is 0 Å². The smallest absolute Gasteiger partial charge is 0.165 e. The van der Waals surface area contributed by atoms with Gasteiger partial charge < -0.3 is 10.5 Å². The van der Waals surface area contributed by atoms with E-state index in [1.807, 2.05) is 12.1 Å². The lowest BCUT2D eigenvalue weighted by atomic mass is 9.74. The van der Waals surface area contributed by atoms with E-state index in [-0.39, 0.29) is 11.6 Å². The van der Waals surface area contributed by atoms with Crippen molar-refractivity contribution < 1.29 is 9.13 Å². The molecule has 0 saturated heterocycles. The number of halogens is 1. The Morgan fingerprint density at radius 2 is 1.90 bits per heavy atom. The second kappa shape index (κ2) is 4.91. The quantitative estimate of drug-likeness (QED) is 0.910. The fourth-order valence-corrected chi connectivity index (χ4v) is 2.98. The minimum atomic E-state index is -0.499. The molecule has 2 aromatic rings. The minimum absolute atomic E-state index is 0.258. The van der Waals surface area contributed by atoms with Gasteiger partial charge in [0.25, 0.3) is 0 Å². The molecule has 1 atom stereocenters. The lowest BCUT2D eigenvalue weighted by molar-refractivity contribution is 0.370. The molecule has 0 saturated carbocycles. The highest BCUT2D eigenvalue weighted by Crippen LogP contribution is 2.35. The molecular weight excluding hydrogens is 253 g/mol. The summed E-state index contributed by atoms with van der Waals surface area (Å²) < 4.78 is 18.9. The van der Waals surface area contributed by atoms with E-state index in [2.05, 4.69) is 18.2 Å². The predicted molar refractivity (Wildman–Crippen MR) is 77.3 cm³/mol. The standard InChI is InChI=1S/C17H18FNO/c1-20-16-7-6-14(10-15(16)18)17(19)9-8-12-4-2-3-5-13(12)11-17/h2-7,10H,8-9,11,19H2,1H3. The molecule has 3 rings (SSSR count). The molecule has 2 aromatic carbocycles. The third-order valence-electron chi connectivity index (χ3n) is 4.19. The minimum Gasteiger partial charge on any atom is -0.494 e. The van der Waals surface area contributed by atoms with Crippen LogP contribution in [0.4, 0.5) is 4.39 Å². The van der Waals surface area contributed by atoms with Crippen molar-refractivity contribution in [2.45, 2.75) is 24.8 Å². The van der Waals surface area contributed by atoms with Gasteiger partial charge in [-0.15, -0.1) is 0 Å². The highest BCUT2D eigenvalue weighted by Gasteiger charge is 2.32. The second-order valence-corrected chi connectivity index (χ2v) is 5.45. The number of methoxy groups -OCH3 is 1. The molecule has 0 aromatic heterocycles. The van der Waals surface area contributed by atoms with E-state index >= 15 is 0 Å². The summed E-state index contributed by atoms with van der Waals surface area (Å²) in [6.07, 6.45) is 2.51. The zero-order valence-corrected chi connectivity index (χ0v) is 11.5. The van der Waals surface area contributed by atoms with Crippen LogP contribution in [0, 0.1) is 5.82 Å². The van der Waals surface area contributed by atoms with E-state index in [1.54, 1.807) is 6.07 Å². The Labute approximate surface area is 118 Å².